The molecule has 1 aromatic rings. The number of amides is 1. The molecule has 0 radical (unpaired) electrons. The van der Waals surface area contributed by atoms with Gasteiger partial charge in [-0.2, -0.15) is 0 Å². The molecule has 0 aromatic heterocycles. The van der Waals surface area contributed by atoms with Crippen molar-refractivity contribution in [3.8, 4) is 0 Å². The summed E-state index contributed by atoms with van der Waals surface area (Å²) in [6.45, 7) is 4.35. The van der Waals surface area contributed by atoms with Gasteiger partial charge in [-0.25, -0.2) is 0 Å². The van der Waals surface area contributed by atoms with E-state index in [0.717, 1.165) is 18.4 Å². The maximum Gasteiger partial charge on any atom is 0.254 e. The van der Waals surface area contributed by atoms with Gasteiger partial charge in [-0.05, 0) is 56.4 Å². The Morgan fingerprint density at radius 3 is 2.72 bits per heavy atom. The van der Waals surface area contributed by atoms with Crippen molar-refractivity contribution in [3.63, 3.8) is 0 Å². The van der Waals surface area contributed by atoms with Gasteiger partial charge in [0, 0.05) is 18.2 Å². The molecule has 0 aliphatic heterocycles. The second-order valence-electron chi connectivity index (χ2n) is 5.15. The lowest BCUT2D eigenvalue weighted by atomic mass is 10.1. The first-order chi connectivity index (χ1) is 8.63. The van der Waals surface area contributed by atoms with Gasteiger partial charge in [0.1, 0.15) is 0 Å². The van der Waals surface area contributed by atoms with Gasteiger partial charge < -0.3 is 10.0 Å². The van der Waals surface area contributed by atoms with Crippen molar-refractivity contribution in [1.29, 1.82) is 0 Å². The van der Waals surface area contributed by atoms with Crippen LogP contribution in [0.5, 0.6) is 0 Å². The fourth-order valence-corrected chi connectivity index (χ4v) is 2.57. The van der Waals surface area contributed by atoms with E-state index in [2.05, 4.69) is 6.07 Å². The third-order valence-electron chi connectivity index (χ3n) is 3.57. The fraction of sp³-hybridized carbons (Fsp3) is 0.533. The Kier molecular flexibility index (Phi) is 4.02. The van der Waals surface area contributed by atoms with Crippen LogP contribution in [0.4, 0.5) is 0 Å². The van der Waals surface area contributed by atoms with Crippen molar-refractivity contribution in [1.82, 2.24) is 4.90 Å². The molecule has 3 nitrogen and oxygen atoms in total. The summed E-state index contributed by atoms with van der Waals surface area (Å²) in [6, 6.07) is 6.13. The first kappa shape index (κ1) is 13.1. The quantitative estimate of drug-likeness (QED) is 0.884. The van der Waals surface area contributed by atoms with E-state index in [9.17, 15) is 4.79 Å². The van der Waals surface area contributed by atoms with Gasteiger partial charge >= 0.3 is 0 Å². The zero-order chi connectivity index (χ0) is 13.1. The smallest absolute Gasteiger partial charge is 0.254 e. The number of benzene rings is 1. The second-order valence-corrected chi connectivity index (χ2v) is 5.15. The molecule has 0 atom stereocenters. The summed E-state index contributed by atoms with van der Waals surface area (Å²) in [7, 11) is 0. The molecule has 0 spiro atoms. The van der Waals surface area contributed by atoms with Crippen LogP contribution in [0.15, 0.2) is 18.2 Å². The summed E-state index contributed by atoms with van der Waals surface area (Å²) in [4.78, 5) is 14.1. The number of hydrogen-bond donors (Lipinski definition) is 1. The van der Waals surface area contributed by atoms with Crippen molar-refractivity contribution in [2.24, 2.45) is 0 Å². The Labute approximate surface area is 108 Å². The molecule has 1 aliphatic rings. The molecule has 18 heavy (non-hydrogen) atoms. The lowest BCUT2D eigenvalue weighted by Crippen LogP contribution is -2.39. The molecule has 1 aromatic carbocycles. The standard InChI is InChI=1S/C15H21NO2/c1-11(2)16(8-9-17)15(18)14-7-6-12-4-3-5-13(12)10-14/h6-7,10-11,17H,3-5,8-9H2,1-2H3. The van der Waals surface area contributed by atoms with Crippen LogP contribution in [-0.4, -0.2) is 35.1 Å². The summed E-state index contributed by atoms with van der Waals surface area (Å²) < 4.78 is 0. The summed E-state index contributed by atoms with van der Waals surface area (Å²) in [5.41, 5.74) is 3.44. The van der Waals surface area contributed by atoms with Crippen LogP contribution >= 0.6 is 0 Å². The monoisotopic (exact) mass is 247 g/mol. The summed E-state index contributed by atoms with van der Waals surface area (Å²) >= 11 is 0. The Morgan fingerprint density at radius 2 is 2.06 bits per heavy atom. The van der Waals surface area contributed by atoms with Crippen molar-refractivity contribution in [3.05, 3.63) is 34.9 Å². The molecule has 0 fully saturated rings. The van der Waals surface area contributed by atoms with Crippen LogP contribution in [0.25, 0.3) is 0 Å². The van der Waals surface area contributed by atoms with Crippen molar-refractivity contribution in [2.45, 2.75) is 39.2 Å². The third-order valence-corrected chi connectivity index (χ3v) is 3.57. The molecule has 0 heterocycles. The van der Waals surface area contributed by atoms with Gasteiger partial charge in [-0.1, -0.05) is 6.07 Å². The van der Waals surface area contributed by atoms with E-state index in [1.165, 1.54) is 17.5 Å². The number of aryl methyl sites for hydroxylation is 2. The molecule has 1 N–H and O–H groups in total. The van der Waals surface area contributed by atoms with Crippen LogP contribution in [0.3, 0.4) is 0 Å². The minimum absolute atomic E-state index is 0.00879. The molecular formula is C15H21NO2. The van der Waals surface area contributed by atoms with Gasteiger partial charge in [-0.3, -0.25) is 4.79 Å². The highest BCUT2D eigenvalue weighted by molar-refractivity contribution is 5.94. The minimum atomic E-state index is 0.00879. The predicted octanol–water partition coefficient (Wildman–Crippen LogP) is 2.02. The molecule has 0 saturated heterocycles. The first-order valence-corrected chi connectivity index (χ1v) is 6.67. The zero-order valence-corrected chi connectivity index (χ0v) is 11.1. The van der Waals surface area contributed by atoms with E-state index in [0.29, 0.717) is 6.54 Å². The minimum Gasteiger partial charge on any atom is -0.395 e. The van der Waals surface area contributed by atoms with E-state index >= 15 is 0 Å². The summed E-state index contributed by atoms with van der Waals surface area (Å²) in [5, 5.41) is 9.04. The topological polar surface area (TPSA) is 40.5 Å². The maximum absolute atomic E-state index is 12.4. The number of fused-ring (bicyclic) bond motifs is 1. The largest absolute Gasteiger partial charge is 0.395 e. The number of aliphatic hydroxyl groups excluding tert-OH is 1. The van der Waals surface area contributed by atoms with E-state index in [4.69, 9.17) is 5.11 Å². The Hall–Kier alpha value is -1.35. The normalized spacial score (nSPS) is 13.8. The summed E-state index contributed by atoms with van der Waals surface area (Å²) in [5.74, 6) is 0.0220. The molecule has 2 rings (SSSR count). The molecule has 0 bridgehead atoms. The van der Waals surface area contributed by atoms with Crippen LogP contribution in [0.1, 0.15) is 41.8 Å². The van der Waals surface area contributed by atoms with Crippen LogP contribution < -0.4 is 0 Å². The van der Waals surface area contributed by atoms with Crippen LogP contribution in [-0.2, 0) is 12.8 Å². The Bertz CT molecular complexity index is 440. The highest BCUT2D eigenvalue weighted by Crippen LogP contribution is 2.23. The first-order valence-electron chi connectivity index (χ1n) is 6.67. The Balaban J connectivity index is 2.22. The summed E-state index contributed by atoms with van der Waals surface area (Å²) in [6.07, 6.45) is 3.41. The van der Waals surface area contributed by atoms with E-state index < -0.39 is 0 Å². The van der Waals surface area contributed by atoms with Crippen LogP contribution in [0.2, 0.25) is 0 Å². The van der Waals surface area contributed by atoms with Gasteiger partial charge in [0.2, 0.25) is 0 Å². The number of carbonyl (C=O) groups excluding carboxylic acids is 1. The molecule has 1 aliphatic carbocycles. The lowest BCUT2D eigenvalue weighted by molar-refractivity contribution is 0.0665. The molecule has 3 heteroatoms. The number of aliphatic hydroxyl groups is 1. The third kappa shape index (κ3) is 2.56. The molecule has 98 valence electrons. The fourth-order valence-electron chi connectivity index (χ4n) is 2.57. The average molecular weight is 247 g/mol. The van der Waals surface area contributed by atoms with Gasteiger partial charge in [-0.15, -0.1) is 0 Å². The average Bonchev–Trinajstić information content (AvgIpc) is 2.81. The molecule has 0 saturated carbocycles. The number of hydrogen-bond acceptors (Lipinski definition) is 2. The van der Waals surface area contributed by atoms with Gasteiger partial charge in [0.05, 0.1) is 6.61 Å². The van der Waals surface area contributed by atoms with Crippen molar-refractivity contribution >= 4 is 5.91 Å². The number of nitrogens with zero attached hydrogens (tertiary/aromatic N) is 1. The van der Waals surface area contributed by atoms with Crippen molar-refractivity contribution < 1.29 is 9.90 Å². The number of carbonyl (C=O) groups is 1. The molecular weight excluding hydrogens is 226 g/mol. The molecule has 1 amide bonds. The predicted molar refractivity (Wildman–Crippen MR) is 71.7 cm³/mol. The highest BCUT2D eigenvalue weighted by Gasteiger charge is 2.20. The van der Waals surface area contributed by atoms with Gasteiger partial charge in [0.25, 0.3) is 5.91 Å². The maximum atomic E-state index is 12.4. The SMILES string of the molecule is CC(C)N(CCO)C(=O)c1ccc2c(c1)CCC2. The van der Waals surface area contributed by atoms with Gasteiger partial charge in [0.15, 0.2) is 0 Å². The number of rotatable bonds is 4. The second kappa shape index (κ2) is 5.53. The van der Waals surface area contributed by atoms with E-state index in [1.54, 1.807) is 4.90 Å². The zero-order valence-electron chi connectivity index (χ0n) is 11.1. The lowest BCUT2D eigenvalue weighted by Gasteiger charge is -2.26. The van der Waals surface area contributed by atoms with Crippen molar-refractivity contribution in [2.75, 3.05) is 13.2 Å². The van der Waals surface area contributed by atoms with Crippen LogP contribution in [0, 0.1) is 0 Å². The van der Waals surface area contributed by atoms with E-state index in [-0.39, 0.29) is 18.6 Å². The highest BCUT2D eigenvalue weighted by atomic mass is 16.3. The van der Waals surface area contributed by atoms with E-state index in [1.807, 2.05) is 26.0 Å². The molecule has 0 unspecified atom stereocenters. The Morgan fingerprint density at radius 1 is 1.33 bits per heavy atom.